The number of piperidine rings is 1. The van der Waals surface area contributed by atoms with E-state index in [-0.39, 0.29) is 0 Å². The minimum atomic E-state index is 0.399. The van der Waals surface area contributed by atoms with Crippen LogP contribution in [0.1, 0.15) is 36.9 Å². The average molecular weight is 437 g/mol. The Morgan fingerprint density at radius 2 is 1.97 bits per heavy atom. The Balaban J connectivity index is 1.27. The molecule has 174 valence electrons. The molecule has 0 amide bonds. The molecule has 0 spiro atoms. The van der Waals surface area contributed by atoms with Crippen molar-refractivity contribution in [2.24, 2.45) is 11.8 Å². The van der Waals surface area contributed by atoms with E-state index in [1.807, 2.05) is 6.07 Å². The maximum Gasteiger partial charge on any atom is 0.119 e. The number of nitrogens with one attached hydrogen (secondary N) is 2. The van der Waals surface area contributed by atoms with Gasteiger partial charge in [0.15, 0.2) is 0 Å². The summed E-state index contributed by atoms with van der Waals surface area (Å²) in [7, 11) is 1.74. The van der Waals surface area contributed by atoms with E-state index in [2.05, 4.69) is 76.1 Å². The molecule has 3 atom stereocenters. The molecule has 3 unspecified atom stereocenters. The van der Waals surface area contributed by atoms with Crippen LogP contribution in [-0.4, -0.2) is 62.7 Å². The number of nitrogens with zero attached hydrogens (tertiary/aromatic N) is 2. The molecule has 32 heavy (non-hydrogen) atoms. The zero-order valence-electron chi connectivity index (χ0n) is 19.8. The van der Waals surface area contributed by atoms with Crippen LogP contribution in [0.15, 0.2) is 54.6 Å². The number of hydrogen-bond donors (Lipinski definition) is 2. The molecule has 5 heteroatoms. The Bertz CT molecular complexity index is 814. The van der Waals surface area contributed by atoms with Crippen molar-refractivity contribution in [3.8, 4) is 5.75 Å². The summed E-state index contributed by atoms with van der Waals surface area (Å²) in [4.78, 5) is 5.36. The molecule has 2 aromatic carbocycles. The molecule has 2 saturated heterocycles. The van der Waals surface area contributed by atoms with Gasteiger partial charge in [0.25, 0.3) is 0 Å². The molecule has 2 heterocycles. The Labute approximate surface area is 194 Å². The lowest BCUT2D eigenvalue weighted by molar-refractivity contribution is 0.126. The fourth-order valence-corrected chi connectivity index (χ4v) is 5.37. The second-order valence-corrected chi connectivity index (χ2v) is 9.44. The summed E-state index contributed by atoms with van der Waals surface area (Å²) in [6.07, 6.45) is 3.77. The number of benzene rings is 2. The molecule has 2 aromatic rings. The number of methoxy groups -OCH3 is 1. The van der Waals surface area contributed by atoms with Crippen molar-refractivity contribution in [3.63, 3.8) is 0 Å². The van der Waals surface area contributed by atoms with Gasteiger partial charge < -0.3 is 14.5 Å². The van der Waals surface area contributed by atoms with Gasteiger partial charge in [-0.1, -0.05) is 49.4 Å². The normalized spacial score (nSPS) is 24.2. The van der Waals surface area contributed by atoms with Crippen LogP contribution in [0, 0.1) is 11.8 Å². The summed E-state index contributed by atoms with van der Waals surface area (Å²) in [6.45, 7) is 10.4. The van der Waals surface area contributed by atoms with Gasteiger partial charge in [-0.25, -0.2) is 5.43 Å². The van der Waals surface area contributed by atoms with Gasteiger partial charge in [-0.3, -0.25) is 5.43 Å². The fourth-order valence-electron chi connectivity index (χ4n) is 5.37. The monoisotopic (exact) mass is 436 g/mol. The number of hydrazine groups is 1. The van der Waals surface area contributed by atoms with Gasteiger partial charge in [0, 0.05) is 38.6 Å². The second-order valence-electron chi connectivity index (χ2n) is 9.44. The number of likely N-dealkylation sites (tertiary alicyclic amines) is 1. The molecule has 0 aliphatic carbocycles. The molecular weight excluding hydrogens is 396 g/mol. The largest absolute Gasteiger partial charge is 0.497 e. The lowest BCUT2D eigenvalue weighted by Gasteiger charge is -2.36. The predicted octanol–water partition coefficient (Wildman–Crippen LogP) is 3.74. The molecule has 2 aliphatic rings. The topological polar surface area (TPSA) is 39.8 Å². The van der Waals surface area contributed by atoms with E-state index >= 15 is 0 Å². The van der Waals surface area contributed by atoms with Crippen molar-refractivity contribution in [2.75, 3.05) is 52.9 Å². The molecule has 2 N–H and O–H groups in total. The third kappa shape index (κ3) is 6.32. The highest BCUT2D eigenvalue weighted by molar-refractivity contribution is 5.28. The summed E-state index contributed by atoms with van der Waals surface area (Å²) < 4.78 is 5.38. The highest BCUT2D eigenvalue weighted by Gasteiger charge is 2.30. The summed E-state index contributed by atoms with van der Waals surface area (Å²) in [6, 6.07) is 19.8. The van der Waals surface area contributed by atoms with Gasteiger partial charge >= 0.3 is 0 Å². The SMILES string of the molecule is CCN(CC1CCCN(CCc2cccc(OC)c2)C1)CC1CNNC1c1ccccc1. The summed E-state index contributed by atoms with van der Waals surface area (Å²) in [5.41, 5.74) is 9.68. The maximum absolute atomic E-state index is 5.38. The zero-order valence-corrected chi connectivity index (χ0v) is 19.8. The minimum Gasteiger partial charge on any atom is -0.497 e. The van der Waals surface area contributed by atoms with Gasteiger partial charge in [-0.15, -0.1) is 0 Å². The van der Waals surface area contributed by atoms with E-state index in [0.29, 0.717) is 12.0 Å². The second kappa shape index (κ2) is 11.8. The van der Waals surface area contributed by atoms with Gasteiger partial charge in [0.1, 0.15) is 5.75 Å². The first kappa shape index (κ1) is 23.2. The van der Waals surface area contributed by atoms with E-state index in [4.69, 9.17) is 4.74 Å². The quantitative estimate of drug-likeness (QED) is 0.594. The summed E-state index contributed by atoms with van der Waals surface area (Å²) in [5, 5.41) is 0. The van der Waals surface area contributed by atoms with Crippen LogP contribution >= 0.6 is 0 Å². The molecule has 0 saturated carbocycles. The summed E-state index contributed by atoms with van der Waals surface area (Å²) in [5.74, 6) is 2.33. The van der Waals surface area contributed by atoms with E-state index in [9.17, 15) is 0 Å². The average Bonchev–Trinajstić information content (AvgIpc) is 3.31. The van der Waals surface area contributed by atoms with Crippen molar-refractivity contribution in [1.29, 1.82) is 0 Å². The van der Waals surface area contributed by atoms with E-state index < -0.39 is 0 Å². The maximum atomic E-state index is 5.38. The standard InChI is InChI=1S/C27H40N4O/c1-3-30(21-25-18-28-29-27(25)24-11-5-4-6-12-24)19-23-10-8-15-31(20-23)16-14-22-9-7-13-26(17-22)32-2/h4-7,9,11-13,17,23,25,27-29H,3,8,10,14-16,18-21H2,1-2H3. The number of hydrogen-bond acceptors (Lipinski definition) is 5. The predicted molar refractivity (Wildman–Crippen MR) is 132 cm³/mol. The lowest BCUT2D eigenvalue weighted by atomic mass is 9.93. The fraction of sp³-hybridized carbons (Fsp3) is 0.556. The van der Waals surface area contributed by atoms with Gasteiger partial charge in [-0.05, 0) is 61.5 Å². The van der Waals surface area contributed by atoms with Crippen molar-refractivity contribution in [2.45, 2.75) is 32.2 Å². The van der Waals surface area contributed by atoms with Crippen LogP contribution in [0.3, 0.4) is 0 Å². The molecular formula is C27H40N4O. The van der Waals surface area contributed by atoms with Crippen molar-refractivity contribution in [1.82, 2.24) is 20.7 Å². The Hall–Kier alpha value is -1.92. The van der Waals surface area contributed by atoms with Gasteiger partial charge in [0.2, 0.25) is 0 Å². The molecule has 5 nitrogen and oxygen atoms in total. The number of rotatable bonds is 10. The van der Waals surface area contributed by atoms with Crippen molar-refractivity contribution in [3.05, 3.63) is 65.7 Å². The highest BCUT2D eigenvalue weighted by atomic mass is 16.5. The van der Waals surface area contributed by atoms with Crippen LogP contribution < -0.4 is 15.6 Å². The van der Waals surface area contributed by atoms with Crippen molar-refractivity contribution >= 4 is 0 Å². The molecule has 0 aromatic heterocycles. The number of ether oxygens (including phenoxy) is 1. The lowest BCUT2D eigenvalue weighted by Crippen LogP contribution is -2.43. The van der Waals surface area contributed by atoms with Crippen LogP contribution in [0.2, 0.25) is 0 Å². The van der Waals surface area contributed by atoms with E-state index in [1.54, 1.807) is 7.11 Å². The first-order valence-corrected chi connectivity index (χ1v) is 12.4. The van der Waals surface area contributed by atoms with Crippen LogP contribution in [0.4, 0.5) is 0 Å². The molecule has 4 rings (SSSR count). The van der Waals surface area contributed by atoms with Crippen LogP contribution in [-0.2, 0) is 6.42 Å². The molecule has 0 bridgehead atoms. The molecule has 0 radical (unpaired) electrons. The molecule has 2 aliphatic heterocycles. The first-order valence-electron chi connectivity index (χ1n) is 12.4. The van der Waals surface area contributed by atoms with Crippen LogP contribution in [0.5, 0.6) is 5.75 Å². The van der Waals surface area contributed by atoms with Crippen LogP contribution in [0.25, 0.3) is 0 Å². The van der Waals surface area contributed by atoms with E-state index in [0.717, 1.165) is 44.3 Å². The Kier molecular flexibility index (Phi) is 8.57. The third-order valence-electron chi connectivity index (χ3n) is 7.16. The van der Waals surface area contributed by atoms with E-state index in [1.165, 1.54) is 43.6 Å². The Morgan fingerprint density at radius 1 is 1.09 bits per heavy atom. The Morgan fingerprint density at radius 3 is 2.78 bits per heavy atom. The summed E-state index contributed by atoms with van der Waals surface area (Å²) >= 11 is 0. The highest BCUT2D eigenvalue weighted by Crippen LogP contribution is 2.26. The third-order valence-corrected chi connectivity index (χ3v) is 7.16. The van der Waals surface area contributed by atoms with Crippen molar-refractivity contribution < 1.29 is 4.74 Å². The van der Waals surface area contributed by atoms with Gasteiger partial charge in [-0.2, -0.15) is 0 Å². The smallest absolute Gasteiger partial charge is 0.119 e. The zero-order chi connectivity index (χ0) is 22.2. The molecule has 2 fully saturated rings. The minimum absolute atomic E-state index is 0.399. The first-order chi connectivity index (χ1) is 15.7. The van der Waals surface area contributed by atoms with Gasteiger partial charge in [0.05, 0.1) is 13.2 Å².